The molecule has 0 bridgehead atoms. The van der Waals surface area contributed by atoms with Crippen molar-refractivity contribution in [2.45, 2.75) is 26.7 Å². The molecule has 0 heterocycles. The predicted molar refractivity (Wildman–Crippen MR) is 46.4 cm³/mol. The average Bonchev–Trinajstić information content (AvgIpc) is 1.37. The predicted octanol–water partition coefficient (Wildman–Crippen LogP) is 2.54. The van der Waals surface area contributed by atoms with E-state index < -0.39 is 0 Å². The Balaban J connectivity index is -0.0000000450. The Labute approximate surface area is 64.2 Å². The topological polar surface area (TPSA) is 0 Å². The van der Waals surface area contributed by atoms with Gasteiger partial charge in [-0.2, -0.15) is 13.5 Å². The zero-order valence-electron chi connectivity index (χ0n) is 4.32. The second-order valence-electron chi connectivity index (χ2n) is 1.000. The van der Waals surface area contributed by atoms with Crippen molar-refractivity contribution in [3.63, 3.8) is 0 Å². The summed E-state index contributed by atoms with van der Waals surface area (Å²) in [6.45, 7) is 4.36. The van der Waals surface area contributed by atoms with Crippen LogP contribution in [0.5, 0.6) is 0 Å². The average molecular weight is 220 g/mol. The SMILES string of the molecule is CCCC.I.S. The van der Waals surface area contributed by atoms with E-state index in [-0.39, 0.29) is 37.5 Å². The number of halogens is 1. The Bertz CT molecular complexity index is 9.51. The summed E-state index contributed by atoms with van der Waals surface area (Å²) in [6, 6.07) is 0. The van der Waals surface area contributed by atoms with E-state index in [1.807, 2.05) is 0 Å². The molecule has 0 aromatic rings. The fourth-order valence-electron chi connectivity index (χ4n) is 0. The molecule has 0 nitrogen and oxygen atoms in total. The number of hydrogen-bond donors (Lipinski definition) is 0. The van der Waals surface area contributed by atoms with E-state index in [0.29, 0.717) is 0 Å². The van der Waals surface area contributed by atoms with Gasteiger partial charge in [0.05, 0.1) is 0 Å². The summed E-state index contributed by atoms with van der Waals surface area (Å²) >= 11 is 0. The van der Waals surface area contributed by atoms with Crippen LogP contribution in [0.25, 0.3) is 0 Å². The second kappa shape index (κ2) is 16.5. The molecule has 0 radical (unpaired) electrons. The smallest absolute Gasteiger partial charge is 0.0564 e. The lowest BCUT2D eigenvalue weighted by Crippen LogP contribution is -1.47. The number of rotatable bonds is 1. The van der Waals surface area contributed by atoms with Crippen molar-refractivity contribution in [2.24, 2.45) is 0 Å². The van der Waals surface area contributed by atoms with Crippen LogP contribution in [-0.2, 0) is 0 Å². The van der Waals surface area contributed by atoms with Crippen molar-refractivity contribution >= 4 is 37.5 Å². The molecule has 0 aliphatic rings. The molecule has 0 rings (SSSR count). The molecule has 0 amide bonds. The van der Waals surface area contributed by atoms with Crippen LogP contribution in [0.15, 0.2) is 0 Å². The minimum atomic E-state index is 0. The molecule has 0 atom stereocenters. The van der Waals surface area contributed by atoms with Gasteiger partial charge in [0.2, 0.25) is 0 Å². The molecule has 0 saturated heterocycles. The summed E-state index contributed by atoms with van der Waals surface area (Å²) in [5, 5.41) is 0. The fraction of sp³-hybridized carbons (Fsp3) is 1.00. The minimum Gasteiger partial charge on any atom is -0.197 e. The fourth-order valence-corrected chi connectivity index (χ4v) is 0. The summed E-state index contributed by atoms with van der Waals surface area (Å²) in [5.74, 6) is 0. The summed E-state index contributed by atoms with van der Waals surface area (Å²) in [6.07, 6.45) is 2.64. The Morgan fingerprint density at radius 2 is 1.17 bits per heavy atom. The van der Waals surface area contributed by atoms with Gasteiger partial charge in [-0.15, -0.1) is 24.0 Å². The van der Waals surface area contributed by atoms with Gasteiger partial charge in [-0.25, -0.2) is 0 Å². The Hall–Kier alpha value is 1.08. The van der Waals surface area contributed by atoms with Crippen molar-refractivity contribution in [1.29, 1.82) is 0 Å². The summed E-state index contributed by atoms with van der Waals surface area (Å²) in [7, 11) is 0. The molecule has 42 valence electrons. The third-order valence-corrected chi connectivity index (χ3v) is 0.500. The van der Waals surface area contributed by atoms with Crippen molar-refractivity contribution in [3.05, 3.63) is 0 Å². The highest BCUT2D eigenvalue weighted by Gasteiger charge is 1.56. The summed E-state index contributed by atoms with van der Waals surface area (Å²) in [5.41, 5.74) is 0. The summed E-state index contributed by atoms with van der Waals surface area (Å²) < 4.78 is 0. The minimum absolute atomic E-state index is 0. The largest absolute Gasteiger partial charge is 0.197 e. The second-order valence-corrected chi connectivity index (χ2v) is 1.000. The van der Waals surface area contributed by atoms with E-state index in [1.54, 1.807) is 0 Å². The van der Waals surface area contributed by atoms with Crippen molar-refractivity contribution in [3.8, 4) is 0 Å². The van der Waals surface area contributed by atoms with Gasteiger partial charge in [-0.1, -0.05) is 26.7 Å². The van der Waals surface area contributed by atoms with Gasteiger partial charge >= 0.3 is 0 Å². The Kier molecular flexibility index (Phi) is 43.3. The molecule has 6 heavy (non-hydrogen) atoms. The van der Waals surface area contributed by atoms with Gasteiger partial charge in [0.1, 0.15) is 0 Å². The standard InChI is InChI=1S/C4H10.HI.H2S/c1-3-4-2;;/h3-4H2,1-2H3;1H;1H2. The van der Waals surface area contributed by atoms with Crippen LogP contribution in [-0.4, -0.2) is 0 Å². The molecule has 0 unspecified atom stereocenters. The lowest BCUT2D eigenvalue weighted by atomic mass is 10.4. The highest BCUT2D eigenvalue weighted by molar-refractivity contribution is 14.0. The first-order chi connectivity index (χ1) is 1.91. The van der Waals surface area contributed by atoms with Crippen LogP contribution in [0.1, 0.15) is 26.7 Å². The quantitative estimate of drug-likeness (QED) is 0.595. The van der Waals surface area contributed by atoms with E-state index in [1.165, 1.54) is 12.8 Å². The van der Waals surface area contributed by atoms with Crippen molar-refractivity contribution < 1.29 is 0 Å². The first kappa shape index (κ1) is 15.7. The van der Waals surface area contributed by atoms with Crippen LogP contribution < -0.4 is 0 Å². The number of unbranched alkanes of at least 4 members (excludes halogenated alkanes) is 1. The van der Waals surface area contributed by atoms with Gasteiger partial charge in [-0.05, 0) is 0 Å². The van der Waals surface area contributed by atoms with E-state index in [4.69, 9.17) is 0 Å². The highest BCUT2D eigenvalue weighted by atomic mass is 127. The van der Waals surface area contributed by atoms with Crippen LogP contribution >= 0.6 is 37.5 Å². The molecular formula is C4H13IS. The van der Waals surface area contributed by atoms with Crippen molar-refractivity contribution in [1.82, 2.24) is 0 Å². The maximum atomic E-state index is 2.18. The summed E-state index contributed by atoms with van der Waals surface area (Å²) in [4.78, 5) is 0. The Morgan fingerprint density at radius 1 is 1.00 bits per heavy atom. The highest BCUT2D eigenvalue weighted by Crippen LogP contribution is 1.76. The first-order valence-electron chi connectivity index (χ1n) is 1.91. The van der Waals surface area contributed by atoms with Gasteiger partial charge < -0.3 is 0 Å². The lowest BCUT2D eigenvalue weighted by molar-refractivity contribution is 0.886. The van der Waals surface area contributed by atoms with Crippen LogP contribution in [0.4, 0.5) is 0 Å². The van der Waals surface area contributed by atoms with E-state index >= 15 is 0 Å². The molecule has 0 aliphatic heterocycles. The zero-order chi connectivity index (χ0) is 3.41. The van der Waals surface area contributed by atoms with E-state index in [9.17, 15) is 0 Å². The van der Waals surface area contributed by atoms with Crippen LogP contribution in [0.2, 0.25) is 0 Å². The van der Waals surface area contributed by atoms with Crippen LogP contribution in [0.3, 0.4) is 0 Å². The molecule has 0 saturated carbocycles. The van der Waals surface area contributed by atoms with Crippen molar-refractivity contribution in [2.75, 3.05) is 0 Å². The monoisotopic (exact) mass is 220 g/mol. The molecule has 0 aliphatic carbocycles. The van der Waals surface area contributed by atoms with E-state index in [0.717, 1.165) is 0 Å². The van der Waals surface area contributed by atoms with Gasteiger partial charge in [-0.3, -0.25) is 0 Å². The maximum Gasteiger partial charge on any atom is -0.0564 e. The van der Waals surface area contributed by atoms with Gasteiger partial charge in [0, 0.05) is 0 Å². The number of hydrogen-bond acceptors (Lipinski definition) is 0. The Morgan fingerprint density at radius 3 is 1.17 bits per heavy atom. The molecule has 2 heteroatoms. The maximum absolute atomic E-state index is 2.18. The molecular weight excluding hydrogens is 207 g/mol. The molecule has 0 fully saturated rings. The zero-order valence-corrected chi connectivity index (χ0v) is 7.65. The normalized spacial score (nSPS) is 5.00. The van der Waals surface area contributed by atoms with E-state index in [2.05, 4.69) is 13.8 Å². The molecule has 0 N–H and O–H groups in total. The third-order valence-electron chi connectivity index (χ3n) is 0.500. The molecule has 0 aromatic heterocycles. The first-order valence-corrected chi connectivity index (χ1v) is 1.91. The van der Waals surface area contributed by atoms with Gasteiger partial charge in [0.15, 0.2) is 0 Å². The third kappa shape index (κ3) is 19.5. The lowest BCUT2D eigenvalue weighted by Gasteiger charge is -1.68. The molecule has 0 aromatic carbocycles. The van der Waals surface area contributed by atoms with Crippen LogP contribution in [0, 0.1) is 0 Å². The molecule has 0 spiro atoms. The van der Waals surface area contributed by atoms with Gasteiger partial charge in [0.25, 0.3) is 0 Å².